The van der Waals surface area contributed by atoms with Crippen LogP contribution < -0.4 is 10.1 Å². The third-order valence-electron chi connectivity index (χ3n) is 7.07. The number of anilines is 2. The largest absolute Gasteiger partial charge is 0.744 e. The molecule has 0 heterocycles. The Morgan fingerprint density at radius 1 is 0.681 bits per heavy atom. The Kier molecular flexibility index (Phi) is 9.09. The maximum Gasteiger partial charge on any atom is 0.152 e. The zero-order valence-electron chi connectivity index (χ0n) is 25.4. The molecule has 0 saturated heterocycles. The van der Waals surface area contributed by atoms with Crippen LogP contribution in [0.1, 0.15) is 16.7 Å². The molecule has 0 aliphatic heterocycles. The second-order valence-corrected chi connectivity index (χ2v) is 13.2. The topological polar surface area (TPSA) is 205 Å². The third-order valence-corrected chi connectivity index (χ3v) is 8.77. The summed E-state index contributed by atoms with van der Waals surface area (Å²) >= 11 is 0. The predicted octanol–water partition coefficient (Wildman–Crippen LogP) is 7.86. The van der Waals surface area contributed by atoms with E-state index in [0.29, 0.717) is 22.4 Å². The molecule has 5 aromatic carbocycles. The van der Waals surface area contributed by atoms with Crippen LogP contribution in [0.15, 0.2) is 109 Å². The second kappa shape index (κ2) is 12.9. The molecule has 0 atom stereocenters. The van der Waals surface area contributed by atoms with Crippen LogP contribution in [0.3, 0.4) is 0 Å². The van der Waals surface area contributed by atoms with Gasteiger partial charge in [0.25, 0.3) is 0 Å². The van der Waals surface area contributed by atoms with Crippen LogP contribution >= 0.6 is 0 Å². The van der Waals surface area contributed by atoms with Gasteiger partial charge in [0.2, 0.25) is 0 Å². The lowest BCUT2D eigenvalue weighted by atomic mass is 10.1. The minimum atomic E-state index is -5.12. The Hall–Kier alpha value is -5.22. The van der Waals surface area contributed by atoms with Gasteiger partial charge in [-0.25, -0.2) is 16.8 Å². The number of aryl methyl sites for hydroxylation is 3. The molecular weight excluding hydrogens is 647 g/mol. The average Bonchev–Trinajstić information content (AvgIpc) is 3.00. The minimum Gasteiger partial charge on any atom is -0.744 e. The summed E-state index contributed by atoms with van der Waals surface area (Å²) < 4.78 is 77.8. The lowest BCUT2D eigenvalue weighted by Crippen LogP contribution is -2.00. The number of hydrogen-bond donors (Lipinski definition) is 2. The Labute approximate surface area is 270 Å². The monoisotopic (exact) mass is 673 g/mol. The number of azo groups is 2. The van der Waals surface area contributed by atoms with Crippen molar-refractivity contribution in [1.82, 2.24) is 0 Å². The SMILES string of the molecule is COc1cc(N=Nc2c(C)cc(C)cc2S(=O)(=O)[O-])c(C)cc1N=Nc1c(S(=O)(=O)[O-])cc2cc(Nc3ccccc3)ccc2c1O. The van der Waals surface area contributed by atoms with Crippen molar-refractivity contribution in [2.45, 2.75) is 30.6 Å². The van der Waals surface area contributed by atoms with Crippen LogP contribution in [-0.2, 0) is 20.2 Å². The van der Waals surface area contributed by atoms with E-state index >= 15 is 0 Å². The van der Waals surface area contributed by atoms with Crippen LogP contribution in [0, 0.1) is 20.8 Å². The van der Waals surface area contributed by atoms with Crippen LogP contribution in [0.2, 0.25) is 0 Å². The van der Waals surface area contributed by atoms with Crippen LogP contribution in [0.4, 0.5) is 34.1 Å². The highest BCUT2D eigenvalue weighted by Crippen LogP contribution is 2.44. The first-order valence-electron chi connectivity index (χ1n) is 13.8. The number of rotatable bonds is 9. The lowest BCUT2D eigenvalue weighted by Gasteiger charge is -2.15. The summed E-state index contributed by atoms with van der Waals surface area (Å²) in [4.78, 5) is -1.28. The second-order valence-electron chi connectivity index (χ2n) is 10.5. The van der Waals surface area contributed by atoms with Gasteiger partial charge in [-0.1, -0.05) is 24.3 Å². The van der Waals surface area contributed by atoms with E-state index < -0.39 is 41.5 Å². The molecule has 0 radical (unpaired) electrons. The zero-order chi connectivity index (χ0) is 34.1. The Morgan fingerprint density at radius 3 is 1.98 bits per heavy atom. The molecule has 5 aromatic rings. The van der Waals surface area contributed by atoms with Gasteiger partial charge in [-0.3, -0.25) is 0 Å². The standard InChI is InChI=1S/C32H29N5O8S2/c1-18-12-20(3)30(28(13-18)46(39,40)41)36-34-25-17-27(45-4)26(14-19(25)2)35-37-31-29(47(42,43)44)16-21-15-23(10-11-24(21)32(31)38)33-22-8-6-5-7-9-22/h5-17,33,38H,1-4H3,(H,39,40,41)(H,42,43,44)/p-2. The van der Waals surface area contributed by atoms with Crippen molar-refractivity contribution in [3.8, 4) is 11.5 Å². The van der Waals surface area contributed by atoms with E-state index in [1.165, 1.54) is 25.3 Å². The third kappa shape index (κ3) is 7.28. The van der Waals surface area contributed by atoms with Crippen LogP contribution in [0.5, 0.6) is 11.5 Å². The number of methoxy groups -OCH3 is 1. The summed E-state index contributed by atoms with van der Waals surface area (Å²) in [6, 6.07) is 21.0. The first-order chi connectivity index (χ1) is 22.2. The molecule has 5 rings (SSSR count). The molecule has 0 bridgehead atoms. The molecule has 242 valence electrons. The number of fused-ring (bicyclic) bond motifs is 1. The molecule has 0 aliphatic carbocycles. The van der Waals surface area contributed by atoms with E-state index in [4.69, 9.17) is 4.74 Å². The number of para-hydroxylation sites is 1. The molecule has 0 fully saturated rings. The highest BCUT2D eigenvalue weighted by molar-refractivity contribution is 7.86. The maximum absolute atomic E-state index is 12.3. The fourth-order valence-electron chi connectivity index (χ4n) is 4.86. The van der Waals surface area contributed by atoms with E-state index in [1.807, 2.05) is 30.3 Å². The fraction of sp³-hybridized carbons (Fsp3) is 0.125. The summed E-state index contributed by atoms with van der Waals surface area (Å²) in [7, 11) is -8.62. The number of ether oxygens (including phenoxy) is 1. The molecule has 0 amide bonds. The smallest absolute Gasteiger partial charge is 0.152 e. The highest BCUT2D eigenvalue weighted by Gasteiger charge is 2.19. The normalized spacial score (nSPS) is 12.3. The number of nitrogens with one attached hydrogen (secondary N) is 1. The summed E-state index contributed by atoms with van der Waals surface area (Å²) in [5.41, 5.74) is 2.51. The van der Waals surface area contributed by atoms with E-state index in [0.717, 1.165) is 11.8 Å². The number of benzene rings is 5. The van der Waals surface area contributed by atoms with Crippen molar-refractivity contribution in [2.75, 3.05) is 12.4 Å². The van der Waals surface area contributed by atoms with Crippen molar-refractivity contribution < 1.29 is 35.8 Å². The molecule has 0 aromatic heterocycles. The van der Waals surface area contributed by atoms with Crippen molar-refractivity contribution in [2.24, 2.45) is 20.5 Å². The predicted molar refractivity (Wildman–Crippen MR) is 173 cm³/mol. The van der Waals surface area contributed by atoms with Crippen molar-refractivity contribution in [1.29, 1.82) is 0 Å². The minimum absolute atomic E-state index is 0.0921. The van der Waals surface area contributed by atoms with Gasteiger partial charge in [0.15, 0.2) is 5.75 Å². The molecule has 2 N–H and O–H groups in total. The van der Waals surface area contributed by atoms with E-state index in [2.05, 4.69) is 25.8 Å². The number of nitrogens with zero attached hydrogens (tertiary/aromatic N) is 4. The molecule has 0 saturated carbocycles. The van der Waals surface area contributed by atoms with Crippen molar-refractivity contribution in [3.63, 3.8) is 0 Å². The molecule has 0 aliphatic rings. The van der Waals surface area contributed by atoms with Crippen molar-refractivity contribution in [3.05, 3.63) is 95.6 Å². The average molecular weight is 674 g/mol. The molecule has 0 unspecified atom stereocenters. The molecule has 15 heteroatoms. The number of phenols is 1. The van der Waals surface area contributed by atoms with Gasteiger partial charge >= 0.3 is 0 Å². The maximum atomic E-state index is 12.3. The summed E-state index contributed by atoms with van der Waals surface area (Å²) in [6.45, 7) is 4.90. The number of hydrogen-bond acceptors (Lipinski definition) is 13. The molecule has 0 spiro atoms. The van der Waals surface area contributed by atoms with Gasteiger partial charge in [-0.2, -0.15) is 5.11 Å². The summed E-state index contributed by atoms with van der Waals surface area (Å²) in [5, 5.41) is 31.0. The summed E-state index contributed by atoms with van der Waals surface area (Å²) in [6.07, 6.45) is 0. The summed E-state index contributed by atoms with van der Waals surface area (Å²) in [5.74, 6) is -0.459. The van der Waals surface area contributed by atoms with Gasteiger partial charge in [-0.15, -0.1) is 15.3 Å². The number of phenolic OH excluding ortho intramolecular Hbond substituents is 1. The lowest BCUT2D eigenvalue weighted by molar-refractivity contribution is 0.416. The van der Waals surface area contributed by atoms with Gasteiger partial charge < -0.3 is 24.3 Å². The van der Waals surface area contributed by atoms with E-state index in [9.17, 15) is 31.0 Å². The Balaban J connectivity index is 1.54. The zero-order valence-corrected chi connectivity index (χ0v) is 27.0. The van der Waals surface area contributed by atoms with Gasteiger partial charge in [0.1, 0.15) is 43.0 Å². The Bertz CT molecular complexity index is 2310. The van der Waals surface area contributed by atoms with Crippen LogP contribution in [-0.4, -0.2) is 38.2 Å². The van der Waals surface area contributed by atoms with Gasteiger partial charge in [0, 0.05) is 22.8 Å². The first-order valence-corrected chi connectivity index (χ1v) is 16.6. The van der Waals surface area contributed by atoms with Gasteiger partial charge in [-0.05, 0) is 91.4 Å². The number of aromatic hydroxyl groups is 1. The van der Waals surface area contributed by atoms with Crippen molar-refractivity contribution >= 4 is 65.1 Å². The first kappa shape index (κ1) is 33.2. The quantitative estimate of drug-likeness (QED) is 0.115. The van der Waals surface area contributed by atoms with Gasteiger partial charge in [0.05, 0.1) is 22.6 Å². The van der Waals surface area contributed by atoms with Crippen LogP contribution in [0.25, 0.3) is 10.8 Å². The molecule has 13 nitrogen and oxygen atoms in total. The Morgan fingerprint density at radius 2 is 1.32 bits per heavy atom. The molecular formula is C32H27N5O8S2-2. The fourth-order valence-corrected chi connectivity index (χ4v) is 6.28. The van der Waals surface area contributed by atoms with E-state index in [1.54, 1.807) is 45.0 Å². The molecule has 47 heavy (non-hydrogen) atoms. The van der Waals surface area contributed by atoms with E-state index in [-0.39, 0.29) is 33.6 Å². The highest BCUT2D eigenvalue weighted by atomic mass is 32.2.